The first kappa shape index (κ1) is 26.8. The molecule has 7 rings (SSSR count). The summed E-state index contributed by atoms with van der Waals surface area (Å²) < 4.78 is 16.8. The Morgan fingerprint density at radius 2 is 1.71 bits per heavy atom. The van der Waals surface area contributed by atoms with E-state index in [1.54, 1.807) is 0 Å². The molecular formula is C31H37FN10. The number of nitrogens with zero attached hydrogens (tertiary/aromatic N) is 8. The Labute approximate surface area is 245 Å². The molecule has 0 bridgehead atoms. The second kappa shape index (κ2) is 11.3. The van der Waals surface area contributed by atoms with E-state index < -0.39 is 0 Å². The third-order valence-electron chi connectivity index (χ3n) is 8.94. The summed E-state index contributed by atoms with van der Waals surface area (Å²) in [7, 11) is 2.18. The maximum atomic E-state index is 15.3. The minimum absolute atomic E-state index is 0.175. The van der Waals surface area contributed by atoms with Crippen LogP contribution in [-0.4, -0.2) is 87.1 Å². The van der Waals surface area contributed by atoms with Gasteiger partial charge in [-0.05, 0) is 74.5 Å². The average Bonchev–Trinajstić information content (AvgIpc) is 3.26. The quantitative estimate of drug-likeness (QED) is 0.371. The molecular weight excluding hydrogens is 531 g/mol. The molecule has 218 valence electrons. The fraction of sp³-hybridized carbons (Fsp3) is 0.419. The zero-order valence-electron chi connectivity index (χ0n) is 24.0. The van der Waals surface area contributed by atoms with Gasteiger partial charge in [-0.3, -0.25) is 4.90 Å². The number of hydrogen-bond acceptors (Lipinski definition) is 9. The molecule has 4 aromatic rings. The van der Waals surface area contributed by atoms with E-state index in [9.17, 15) is 0 Å². The summed E-state index contributed by atoms with van der Waals surface area (Å²) in [5.41, 5.74) is 11.9. The summed E-state index contributed by atoms with van der Waals surface area (Å²) in [6.45, 7) is 6.20. The highest BCUT2D eigenvalue weighted by Gasteiger charge is 2.28. The van der Waals surface area contributed by atoms with Gasteiger partial charge in [0.1, 0.15) is 5.82 Å². The number of piperazine rings is 1. The number of anilines is 4. The number of benzene rings is 2. The highest BCUT2D eigenvalue weighted by molar-refractivity contribution is 5.71. The summed E-state index contributed by atoms with van der Waals surface area (Å²) in [6.07, 6.45) is 5.02. The van der Waals surface area contributed by atoms with Gasteiger partial charge in [0.25, 0.3) is 0 Å². The Hall–Kier alpha value is -4.09. The van der Waals surface area contributed by atoms with Crippen LogP contribution in [0.4, 0.5) is 27.7 Å². The normalized spacial score (nSPS) is 18.4. The molecule has 42 heavy (non-hydrogen) atoms. The third-order valence-corrected chi connectivity index (χ3v) is 8.94. The molecule has 2 aromatic heterocycles. The van der Waals surface area contributed by atoms with Gasteiger partial charge < -0.3 is 20.9 Å². The lowest BCUT2D eigenvalue weighted by Gasteiger charge is -2.42. The second-order valence-electron chi connectivity index (χ2n) is 11.6. The Morgan fingerprint density at radius 1 is 0.905 bits per heavy atom. The zero-order chi connectivity index (χ0) is 28.6. The van der Waals surface area contributed by atoms with Crippen molar-refractivity contribution in [2.45, 2.75) is 38.1 Å². The minimum Gasteiger partial charge on any atom is -0.369 e. The number of likely N-dealkylation sites (N-methyl/N-ethyl adjacent to an activating group) is 1. The van der Waals surface area contributed by atoms with Gasteiger partial charge in [-0.25, -0.2) is 4.39 Å². The molecule has 11 heteroatoms. The second-order valence-corrected chi connectivity index (χ2v) is 11.6. The maximum Gasteiger partial charge on any atom is 0.248 e. The first-order valence-electron chi connectivity index (χ1n) is 14.9. The van der Waals surface area contributed by atoms with E-state index in [-0.39, 0.29) is 17.7 Å². The summed E-state index contributed by atoms with van der Waals surface area (Å²) in [5, 5.41) is 16.6. The third kappa shape index (κ3) is 5.30. The number of piperidine rings is 1. The maximum absolute atomic E-state index is 15.3. The number of hydrogen-bond donors (Lipinski definition) is 2. The molecule has 0 atom stereocenters. The van der Waals surface area contributed by atoms with Crippen molar-refractivity contribution in [1.29, 1.82) is 0 Å². The van der Waals surface area contributed by atoms with Crippen LogP contribution in [0.25, 0.3) is 16.9 Å². The molecule has 2 fully saturated rings. The molecule has 0 amide bonds. The van der Waals surface area contributed by atoms with Crippen LogP contribution >= 0.6 is 0 Å². The largest absolute Gasteiger partial charge is 0.369 e. The van der Waals surface area contributed by atoms with E-state index in [0.717, 1.165) is 88.2 Å². The van der Waals surface area contributed by atoms with Crippen LogP contribution in [0.1, 0.15) is 30.5 Å². The number of nitrogens with one attached hydrogen (secondary N) is 1. The molecule has 1 aliphatic carbocycles. The Kier molecular flexibility index (Phi) is 7.20. The lowest BCUT2D eigenvalue weighted by molar-refractivity contribution is 0.0981. The zero-order valence-corrected chi connectivity index (χ0v) is 24.0. The highest BCUT2D eigenvalue weighted by Crippen LogP contribution is 2.33. The summed E-state index contributed by atoms with van der Waals surface area (Å²) in [5.74, 6) is 0.671. The molecule has 3 N–H and O–H groups in total. The summed E-state index contributed by atoms with van der Waals surface area (Å²) in [6, 6.07) is 16.2. The van der Waals surface area contributed by atoms with Crippen molar-refractivity contribution < 1.29 is 4.39 Å². The minimum atomic E-state index is -0.263. The predicted octanol–water partition coefficient (Wildman–Crippen LogP) is 3.89. The first-order chi connectivity index (χ1) is 20.5. The van der Waals surface area contributed by atoms with Crippen LogP contribution < -0.4 is 16.0 Å². The van der Waals surface area contributed by atoms with Crippen molar-refractivity contribution in [3.63, 3.8) is 0 Å². The molecule has 2 saturated heterocycles. The Bertz CT molecular complexity index is 1570. The average molecular weight is 569 g/mol. The number of rotatable bonds is 5. The molecule has 0 unspecified atom stereocenters. The van der Waals surface area contributed by atoms with Crippen molar-refractivity contribution in [3.8, 4) is 16.9 Å². The molecule has 0 radical (unpaired) electrons. The highest BCUT2D eigenvalue weighted by atomic mass is 19.1. The number of fused-ring (bicyclic) bond motifs is 3. The van der Waals surface area contributed by atoms with Gasteiger partial charge in [0.15, 0.2) is 5.82 Å². The van der Waals surface area contributed by atoms with Crippen molar-refractivity contribution in [3.05, 3.63) is 65.6 Å². The first-order valence-corrected chi connectivity index (χ1v) is 14.9. The van der Waals surface area contributed by atoms with Crippen molar-refractivity contribution in [2.75, 3.05) is 62.3 Å². The molecule has 0 saturated carbocycles. The fourth-order valence-corrected chi connectivity index (χ4v) is 6.55. The number of nitrogen functional groups attached to an aromatic ring is 1. The number of halogens is 1. The lowest BCUT2D eigenvalue weighted by Crippen LogP contribution is -2.52. The van der Waals surface area contributed by atoms with E-state index in [0.29, 0.717) is 23.2 Å². The van der Waals surface area contributed by atoms with Crippen LogP contribution in [0, 0.1) is 5.82 Å². The number of nitrogens with two attached hydrogens (primary N) is 1. The van der Waals surface area contributed by atoms with Crippen LogP contribution in [0.3, 0.4) is 0 Å². The molecule has 2 aliphatic heterocycles. The molecule has 3 aliphatic rings. The summed E-state index contributed by atoms with van der Waals surface area (Å²) >= 11 is 0. The van der Waals surface area contributed by atoms with Gasteiger partial charge in [-0.2, -0.15) is 14.8 Å². The van der Waals surface area contributed by atoms with Crippen LogP contribution in [-0.2, 0) is 12.8 Å². The Balaban J connectivity index is 1.04. The van der Waals surface area contributed by atoms with Gasteiger partial charge in [0.2, 0.25) is 11.9 Å². The van der Waals surface area contributed by atoms with Crippen LogP contribution in [0.2, 0.25) is 0 Å². The Morgan fingerprint density at radius 3 is 2.52 bits per heavy atom. The van der Waals surface area contributed by atoms with E-state index in [1.165, 1.54) is 16.3 Å². The van der Waals surface area contributed by atoms with Gasteiger partial charge in [0, 0.05) is 56.6 Å². The molecule has 10 nitrogen and oxygen atoms in total. The van der Waals surface area contributed by atoms with Gasteiger partial charge in [-0.1, -0.05) is 24.3 Å². The number of aryl methyl sites for hydroxylation is 2. The van der Waals surface area contributed by atoms with Gasteiger partial charge >= 0.3 is 0 Å². The fourth-order valence-electron chi connectivity index (χ4n) is 6.55. The van der Waals surface area contributed by atoms with Gasteiger partial charge in [0.05, 0.1) is 11.4 Å². The lowest BCUT2D eigenvalue weighted by atomic mass is 10.00. The summed E-state index contributed by atoms with van der Waals surface area (Å²) in [4.78, 5) is 11.5. The van der Waals surface area contributed by atoms with Crippen molar-refractivity contribution in [1.82, 2.24) is 34.8 Å². The smallest absolute Gasteiger partial charge is 0.248 e. The topological polar surface area (TPSA) is 104 Å². The molecule has 2 aromatic carbocycles. The molecule has 4 heterocycles. The van der Waals surface area contributed by atoms with Crippen molar-refractivity contribution in [2.24, 2.45) is 0 Å². The van der Waals surface area contributed by atoms with Crippen LogP contribution in [0.5, 0.6) is 0 Å². The predicted molar refractivity (Wildman–Crippen MR) is 163 cm³/mol. The van der Waals surface area contributed by atoms with E-state index in [2.05, 4.69) is 65.5 Å². The SMILES string of the molecule is CN1CCN(C2CCN(c3ccc(Nc4nc(N)n(-c5cc6c(nn5)CCCc5ccccc5-6)n4)cc3F)CC2)CC1. The van der Waals surface area contributed by atoms with Crippen molar-refractivity contribution >= 4 is 23.3 Å². The van der Waals surface area contributed by atoms with E-state index in [4.69, 9.17) is 5.73 Å². The van der Waals surface area contributed by atoms with Crippen LogP contribution in [0.15, 0.2) is 48.5 Å². The number of aromatic nitrogens is 5. The molecule has 0 spiro atoms. The van der Waals surface area contributed by atoms with Gasteiger partial charge in [-0.15, -0.1) is 10.2 Å². The standard InChI is InChI=1S/C31H37FN10/c1-39-15-17-40(18-16-39)23-11-13-41(14-12-23)28-10-9-22(19-26(28)32)34-31-35-30(33)42(38-31)29-20-25-24-7-3-2-5-21(24)6-4-8-27(25)36-37-29/h2-3,5,7,9-10,19-20,23H,4,6,8,11-18H2,1H3,(H3,33,34,35,38). The monoisotopic (exact) mass is 568 g/mol. The van der Waals surface area contributed by atoms with E-state index >= 15 is 4.39 Å². The van der Waals surface area contributed by atoms with E-state index in [1.807, 2.05) is 24.3 Å².